The summed E-state index contributed by atoms with van der Waals surface area (Å²) in [4.78, 5) is 34.9. The molecule has 9 nitrogen and oxygen atoms in total. The average molecular weight is 506 g/mol. The third-order valence-corrected chi connectivity index (χ3v) is 8.72. The van der Waals surface area contributed by atoms with E-state index in [4.69, 9.17) is 9.57 Å². The van der Waals surface area contributed by atoms with Crippen molar-refractivity contribution in [1.29, 1.82) is 0 Å². The number of ether oxygens (including phenoxy) is 1. The van der Waals surface area contributed by atoms with Crippen LogP contribution in [0, 0.1) is 0 Å². The van der Waals surface area contributed by atoms with E-state index in [9.17, 15) is 18.0 Å². The number of carbonyl (C=O) groups excluding carboxylic acids is 2. The van der Waals surface area contributed by atoms with E-state index in [0.29, 0.717) is 29.2 Å². The van der Waals surface area contributed by atoms with Crippen molar-refractivity contribution < 1.29 is 27.6 Å². The van der Waals surface area contributed by atoms with Crippen LogP contribution in [0.15, 0.2) is 39.7 Å². The summed E-state index contributed by atoms with van der Waals surface area (Å²) in [7, 11) is -3.33. The van der Waals surface area contributed by atoms with E-state index in [1.165, 1.54) is 23.5 Å². The Morgan fingerprint density at radius 3 is 2.50 bits per heavy atom. The SMILES string of the molecule is CCOC(=O)Cc1csc(NC(=O)/C(=N/OC2CCCC2)c2ccc(S(=O)(=O)C3CC3)cc2)n1. The number of hydrogen-bond acceptors (Lipinski definition) is 9. The van der Waals surface area contributed by atoms with Crippen molar-refractivity contribution in [3.63, 3.8) is 0 Å². The molecule has 11 heteroatoms. The first-order valence-corrected chi connectivity index (χ1v) is 13.8. The van der Waals surface area contributed by atoms with Gasteiger partial charge in [-0.25, -0.2) is 13.4 Å². The van der Waals surface area contributed by atoms with Gasteiger partial charge in [0, 0.05) is 10.9 Å². The van der Waals surface area contributed by atoms with Gasteiger partial charge in [-0.1, -0.05) is 17.3 Å². The third-order valence-electron chi connectivity index (χ3n) is 5.63. The molecule has 0 spiro atoms. The topological polar surface area (TPSA) is 124 Å². The van der Waals surface area contributed by atoms with Gasteiger partial charge in [-0.2, -0.15) is 0 Å². The normalized spacial score (nSPS) is 16.9. The Morgan fingerprint density at radius 2 is 1.85 bits per heavy atom. The highest BCUT2D eigenvalue weighted by molar-refractivity contribution is 7.92. The Morgan fingerprint density at radius 1 is 1.15 bits per heavy atom. The van der Waals surface area contributed by atoms with Gasteiger partial charge in [0.25, 0.3) is 5.91 Å². The summed E-state index contributed by atoms with van der Waals surface area (Å²) in [5, 5.41) is 8.53. The first-order valence-electron chi connectivity index (χ1n) is 11.4. The fourth-order valence-electron chi connectivity index (χ4n) is 3.68. The minimum atomic E-state index is -3.33. The summed E-state index contributed by atoms with van der Waals surface area (Å²) in [5.41, 5.74) is 0.965. The highest BCUT2D eigenvalue weighted by Gasteiger charge is 2.36. The van der Waals surface area contributed by atoms with Gasteiger partial charge in [-0.3, -0.25) is 14.9 Å². The molecule has 0 bridgehead atoms. The van der Waals surface area contributed by atoms with E-state index >= 15 is 0 Å². The van der Waals surface area contributed by atoms with Crippen LogP contribution in [0.4, 0.5) is 5.13 Å². The number of hydrogen-bond donors (Lipinski definition) is 1. The lowest BCUT2D eigenvalue weighted by Gasteiger charge is -2.11. The molecule has 1 aromatic carbocycles. The van der Waals surface area contributed by atoms with E-state index < -0.39 is 15.7 Å². The highest BCUT2D eigenvalue weighted by Crippen LogP contribution is 2.33. The van der Waals surface area contributed by atoms with Gasteiger partial charge >= 0.3 is 5.97 Å². The lowest BCUT2D eigenvalue weighted by atomic mass is 10.1. The van der Waals surface area contributed by atoms with Gasteiger partial charge in [0.15, 0.2) is 20.7 Å². The predicted octanol–water partition coefficient (Wildman–Crippen LogP) is 3.49. The molecule has 2 aliphatic rings. The molecule has 0 unspecified atom stereocenters. The van der Waals surface area contributed by atoms with Crippen LogP contribution in [0.3, 0.4) is 0 Å². The first-order chi connectivity index (χ1) is 16.4. The Hall–Kier alpha value is -2.79. The fraction of sp³-hybridized carbons (Fsp3) is 0.478. The van der Waals surface area contributed by atoms with E-state index in [1.54, 1.807) is 24.4 Å². The number of nitrogens with zero attached hydrogens (tertiary/aromatic N) is 2. The van der Waals surface area contributed by atoms with Crippen LogP contribution in [0.25, 0.3) is 0 Å². The summed E-state index contributed by atoms with van der Waals surface area (Å²) in [6.45, 7) is 2.02. The van der Waals surface area contributed by atoms with E-state index in [-0.39, 0.29) is 41.0 Å². The van der Waals surface area contributed by atoms with Crippen LogP contribution in [0.5, 0.6) is 0 Å². The van der Waals surface area contributed by atoms with Gasteiger partial charge in [0.05, 0.1) is 28.9 Å². The molecule has 0 saturated heterocycles. The molecule has 182 valence electrons. The molecule has 0 atom stereocenters. The van der Waals surface area contributed by atoms with Crippen LogP contribution in [-0.2, 0) is 35.4 Å². The monoisotopic (exact) mass is 505 g/mol. The number of anilines is 1. The van der Waals surface area contributed by atoms with E-state index in [0.717, 1.165) is 25.7 Å². The van der Waals surface area contributed by atoms with Gasteiger partial charge in [-0.15, -0.1) is 11.3 Å². The van der Waals surface area contributed by atoms with Crippen LogP contribution in [0.1, 0.15) is 56.7 Å². The molecule has 2 aliphatic carbocycles. The zero-order valence-corrected chi connectivity index (χ0v) is 20.5. The molecule has 0 aliphatic heterocycles. The van der Waals surface area contributed by atoms with Crippen LogP contribution in [-0.4, -0.2) is 49.0 Å². The van der Waals surface area contributed by atoms with Gasteiger partial charge < -0.3 is 9.57 Å². The number of oxime groups is 1. The van der Waals surface area contributed by atoms with Crippen molar-refractivity contribution in [2.24, 2.45) is 5.16 Å². The maximum Gasteiger partial charge on any atom is 0.311 e. The zero-order valence-electron chi connectivity index (χ0n) is 18.9. The molecule has 4 rings (SSSR count). The van der Waals surface area contributed by atoms with Crippen LogP contribution in [0.2, 0.25) is 0 Å². The second-order valence-electron chi connectivity index (χ2n) is 8.30. The van der Waals surface area contributed by atoms with Gasteiger partial charge in [0.2, 0.25) is 0 Å². The smallest absolute Gasteiger partial charge is 0.311 e. The minimum absolute atomic E-state index is 0.0167. The van der Waals surface area contributed by atoms with Crippen molar-refractivity contribution in [2.45, 2.75) is 68.1 Å². The molecule has 2 aromatic rings. The third kappa shape index (κ3) is 6.01. The summed E-state index contributed by atoms with van der Waals surface area (Å²) >= 11 is 1.18. The van der Waals surface area contributed by atoms with Crippen LogP contribution < -0.4 is 5.32 Å². The second-order valence-corrected chi connectivity index (χ2v) is 11.4. The van der Waals surface area contributed by atoms with Crippen LogP contribution >= 0.6 is 11.3 Å². The zero-order chi connectivity index (χ0) is 24.1. The highest BCUT2D eigenvalue weighted by atomic mass is 32.2. The summed E-state index contributed by atoms with van der Waals surface area (Å²) in [6, 6.07) is 6.14. The van der Waals surface area contributed by atoms with Gasteiger partial charge in [0.1, 0.15) is 6.10 Å². The molecule has 2 fully saturated rings. The Balaban J connectivity index is 1.51. The number of aromatic nitrogens is 1. The molecule has 1 amide bonds. The summed E-state index contributed by atoms with van der Waals surface area (Å²) < 4.78 is 29.9. The van der Waals surface area contributed by atoms with Crippen molar-refractivity contribution in [1.82, 2.24) is 4.98 Å². The molecular formula is C23H27N3O6S2. The number of thiazole rings is 1. The molecule has 1 aromatic heterocycles. The van der Waals surface area contributed by atoms with Crippen molar-refractivity contribution in [2.75, 3.05) is 11.9 Å². The number of rotatable bonds is 10. The second kappa shape index (κ2) is 10.6. The number of carbonyl (C=O) groups is 2. The lowest BCUT2D eigenvalue weighted by molar-refractivity contribution is -0.142. The quantitative estimate of drug-likeness (QED) is 0.298. The average Bonchev–Trinajstić information content (AvgIpc) is 3.40. The summed E-state index contributed by atoms with van der Waals surface area (Å²) in [5.74, 6) is -0.924. The lowest BCUT2D eigenvalue weighted by Crippen LogP contribution is -2.25. The number of sulfone groups is 1. The molecule has 2 saturated carbocycles. The minimum Gasteiger partial charge on any atom is -0.466 e. The Labute approximate surface area is 202 Å². The maximum absolute atomic E-state index is 13.1. The molecule has 34 heavy (non-hydrogen) atoms. The van der Waals surface area contributed by atoms with Gasteiger partial charge in [-0.05, 0) is 57.6 Å². The summed E-state index contributed by atoms with van der Waals surface area (Å²) in [6.07, 6.45) is 5.19. The van der Waals surface area contributed by atoms with E-state index in [1.807, 2.05) is 0 Å². The predicted molar refractivity (Wildman–Crippen MR) is 128 cm³/mol. The van der Waals surface area contributed by atoms with Crippen molar-refractivity contribution in [3.8, 4) is 0 Å². The number of benzene rings is 1. The largest absolute Gasteiger partial charge is 0.466 e. The molecule has 1 heterocycles. The standard InChI is InChI=1S/C23H27N3O6S2/c1-2-31-20(27)13-16-14-33-23(24-16)25-22(28)21(26-32-17-5-3-4-6-17)15-7-9-18(10-8-15)34(29,30)19-11-12-19/h7-10,14,17,19H,2-6,11-13H2,1H3,(H,24,25,28)/b26-21+. The van der Waals surface area contributed by atoms with Crippen molar-refractivity contribution >= 4 is 43.9 Å². The molecule has 0 radical (unpaired) electrons. The van der Waals surface area contributed by atoms with Crippen molar-refractivity contribution in [3.05, 3.63) is 40.9 Å². The number of amides is 1. The Bertz CT molecular complexity index is 1160. The molecule has 1 N–H and O–H groups in total. The number of nitrogens with one attached hydrogen (secondary N) is 1. The maximum atomic E-state index is 13.1. The first kappa shape index (κ1) is 24.3. The van der Waals surface area contributed by atoms with E-state index in [2.05, 4.69) is 15.5 Å². The Kier molecular flexibility index (Phi) is 7.62. The molecular weight excluding hydrogens is 478 g/mol. The number of esters is 1. The fourth-order valence-corrected chi connectivity index (χ4v) is 6.04.